The van der Waals surface area contributed by atoms with E-state index in [0.29, 0.717) is 24.9 Å². The maximum atomic E-state index is 12.9. The number of nitrogens with one attached hydrogen (secondary N) is 2. The molecule has 0 spiro atoms. The summed E-state index contributed by atoms with van der Waals surface area (Å²) in [5.41, 5.74) is 4.97. The molecule has 0 saturated carbocycles. The van der Waals surface area contributed by atoms with Crippen LogP contribution in [-0.4, -0.2) is 52.2 Å². The predicted molar refractivity (Wildman–Crippen MR) is 135 cm³/mol. The second kappa shape index (κ2) is 13.3. The van der Waals surface area contributed by atoms with E-state index in [-0.39, 0.29) is 57.5 Å². The summed E-state index contributed by atoms with van der Waals surface area (Å²) in [6, 6.07) is 8.91. The van der Waals surface area contributed by atoms with Crippen molar-refractivity contribution >= 4 is 23.5 Å². The van der Waals surface area contributed by atoms with E-state index in [1.54, 1.807) is 17.4 Å². The number of benzene rings is 1. The Balaban J connectivity index is 0.00000380. The summed E-state index contributed by atoms with van der Waals surface area (Å²) in [5, 5.41) is 20.7. The molecule has 0 aliphatic carbocycles. The van der Waals surface area contributed by atoms with Gasteiger partial charge in [0.05, 0.1) is 34.3 Å². The van der Waals surface area contributed by atoms with E-state index >= 15 is 0 Å². The SMILES string of the molecule is Cc1ncsc1-c1ccc([C@H](C)NC(=O)[C@@H]2C[C@@H](O)C(CC(C)[CH-]c3cc(OCC=O)no3)N2)cc1.[Mo]. The van der Waals surface area contributed by atoms with Crippen LogP contribution in [0.4, 0.5) is 0 Å². The first-order chi connectivity index (χ1) is 17.3. The summed E-state index contributed by atoms with van der Waals surface area (Å²) in [6.45, 7) is 5.86. The third kappa shape index (κ3) is 7.51. The summed E-state index contributed by atoms with van der Waals surface area (Å²) in [6.07, 6.45) is 2.86. The second-order valence-electron chi connectivity index (χ2n) is 9.17. The number of carbonyl (C=O) groups excluding carboxylic acids is 2. The average Bonchev–Trinajstić information content (AvgIpc) is 3.58. The Hall–Kier alpha value is -2.52. The first-order valence-electron chi connectivity index (χ1n) is 12.0. The van der Waals surface area contributed by atoms with Gasteiger partial charge in [0, 0.05) is 32.9 Å². The van der Waals surface area contributed by atoms with Crippen LogP contribution in [0.3, 0.4) is 0 Å². The van der Waals surface area contributed by atoms with E-state index in [4.69, 9.17) is 9.26 Å². The fourth-order valence-electron chi connectivity index (χ4n) is 4.44. The van der Waals surface area contributed by atoms with Crippen LogP contribution in [0.1, 0.15) is 49.7 Å². The molecule has 1 amide bonds. The first kappa shape index (κ1) is 29.0. The number of aliphatic hydroxyl groups is 1. The third-order valence-electron chi connectivity index (χ3n) is 6.33. The van der Waals surface area contributed by atoms with E-state index in [9.17, 15) is 14.7 Å². The quantitative estimate of drug-likeness (QED) is 0.172. The van der Waals surface area contributed by atoms with E-state index < -0.39 is 12.1 Å². The number of amides is 1. The maximum Gasteiger partial charge on any atom is 0.237 e. The van der Waals surface area contributed by atoms with E-state index in [1.165, 1.54) is 0 Å². The first-order valence-corrected chi connectivity index (χ1v) is 12.8. The van der Waals surface area contributed by atoms with Gasteiger partial charge in [0.15, 0.2) is 12.2 Å². The zero-order chi connectivity index (χ0) is 25.7. The molecule has 3 N–H and O–H groups in total. The minimum atomic E-state index is -0.630. The zero-order valence-corrected chi connectivity index (χ0v) is 23.7. The van der Waals surface area contributed by atoms with Gasteiger partial charge in [-0.3, -0.25) is 9.59 Å². The molecular weight excluding hydrogens is 576 g/mol. The van der Waals surface area contributed by atoms with Crippen molar-refractivity contribution in [3.05, 3.63) is 59.3 Å². The summed E-state index contributed by atoms with van der Waals surface area (Å²) in [5.74, 6) is 0.690. The number of rotatable bonds is 11. The minimum absolute atomic E-state index is 0. The average molecular weight is 608 g/mol. The number of aliphatic hydroxyl groups excluding tert-OH is 1. The number of aldehydes is 1. The van der Waals surface area contributed by atoms with E-state index in [0.717, 1.165) is 21.7 Å². The second-order valence-corrected chi connectivity index (χ2v) is 10.0. The Morgan fingerprint density at radius 1 is 1.38 bits per heavy atom. The van der Waals surface area contributed by atoms with Crippen molar-refractivity contribution in [2.45, 2.75) is 57.8 Å². The van der Waals surface area contributed by atoms with Crippen LogP contribution in [0.2, 0.25) is 0 Å². The fraction of sp³-hybridized carbons (Fsp3) is 0.423. The topological polar surface area (TPSA) is 127 Å². The van der Waals surface area contributed by atoms with Gasteiger partial charge in [0.25, 0.3) is 0 Å². The number of nitrogens with zero attached hydrogens (tertiary/aromatic N) is 2. The molecule has 3 aromatic rings. The van der Waals surface area contributed by atoms with Gasteiger partial charge in [-0.25, -0.2) is 4.98 Å². The molecule has 1 aliphatic heterocycles. The molecule has 37 heavy (non-hydrogen) atoms. The maximum absolute atomic E-state index is 12.9. The van der Waals surface area contributed by atoms with Crippen molar-refractivity contribution < 1.29 is 45.0 Å². The Labute approximate surface area is 234 Å². The molecule has 1 fully saturated rings. The molecule has 11 heteroatoms. The van der Waals surface area contributed by atoms with Crippen molar-refractivity contribution in [1.82, 2.24) is 20.8 Å². The molecule has 0 bridgehead atoms. The number of hydrogen-bond donors (Lipinski definition) is 3. The Kier molecular flexibility index (Phi) is 10.5. The number of hydrogen-bond acceptors (Lipinski definition) is 9. The van der Waals surface area contributed by atoms with Crippen molar-refractivity contribution in [3.63, 3.8) is 0 Å². The molecular formula is C26H31MoN4O5S-. The fourth-order valence-corrected chi connectivity index (χ4v) is 5.25. The van der Waals surface area contributed by atoms with Gasteiger partial charge >= 0.3 is 0 Å². The summed E-state index contributed by atoms with van der Waals surface area (Å²) < 4.78 is 10.3. The Morgan fingerprint density at radius 2 is 2.14 bits per heavy atom. The van der Waals surface area contributed by atoms with Crippen LogP contribution in [0.25, 0.3) is 10.4 Å². The van der Waals surface area contributed by atoms with Crippen LogP contribution in [0.5, 0.6) is 5.88 Å². The molecule has 0 radical (unpaired) electrons. The normalized spacial score (nSPS) is 20.5. The van der Waals surface area contributed by atoms with Gasteiger partial charge < -0.3 is 25.0 Å². The Bertz CT molecular complexity index is 1170. The van der Waals surface area contributed by atoms with Gasteiger partial charge in [-0.1, -0.05) is 42.3 Å². The van der Waals surface area contributed by atoms with Gasteiger partial charge in [-0.2, -0.15) is 6.42 Å². The minimum Gasteiger partial charge on any atom is -0.482 e. The van der Waals surface area contributed by atoms with Gasteiger partial charge in [0.1, 0.15) is 6.61 Å². The van der Waals surface area contributed by atoms with Gasteiger partial charge in [0.2, 0.25) is 5.91 Å². The molecule has 4 rings (SSSR count). The van der Waals surface area contributed by atoms with Gasteiger partial charge in [-0.15, -0.1) is 17.4 Å². The molecule has 9 nitrogen and oxygen atoms in total. The van der Waals surface area contributed by atoms with Crippen molar-refractivity contribution in [3.8, 4) is 16.3 Å². The van der Waals surface area contributed by atoms with Crippen molar-refractivity contribution in [2.75, 3.05) is 6.61 Å². The van der Waals surface area contributed by atoms with E-state index in [1.807, 2.05) is 44.8 Å². The van der Waals surface area contributed by atoms with Gasteiger partial charge in [-0.05, 0) is 37.8 Å². The van der Waals surface area contributed by atoms with Crippen LogP contribution >= 0.6 is 11.3 Å². The predicted octanol–water partition coefficient (Wildman–Crippen LogP) is 3.23. The van der Waals surface area contributed by atoms with Crippen LogP contribution < -0.4 is 15.4 Å². The number of aryl methyl sites for hydroxylation is 1. The number of aromatic nitrogens is 2. The van der Waals surface area contributed by atoms with E-state index in [2.05, 4.69) is 32.9 Å². The summed E-state index contributed by atoms with van der Waals surface area (Å²) in [4.78, 5) is 28.8. The molecule has 1 saturated heterocycles. The third-order valence-corrected chi connectivity index (χ3v) is 7.31. The monoisotopic (exact) mass is 609 g/mol. The molecule has 5 atom stereocenters. The Morgan fingerprint density at radius 3 is 2.81 bits per heavy atom. The molecule has 2 unspecified atom stereocenters. The standard InChI is InChI=1S/C26H31N4O5S.Mo/c1-15(10-20-12-24(30-35-20)34-9-8-31)11-21-23(32)13-22(29-21)26(33)28-16(2)18-4-6-19(7-5-18)25-17(3)27-14-36-25;/h4-8,10,12,14-16,21-23,29,32H,9,11,13H2,1-3H3,(H,28,33);/q-1;/t15?,16-,21?,22-,23+;/m0./s1. The molecule has 198 valence electrons. The number of carbonyl (C=O) groups is 2. The number of thiazole rings is 1. The molecule has 1 aromatic carbocycles. The summed E-state index contributed by atoms with van der Waals surface area (Å²) in [7, 11) is 0. The largest absolute Gasteiger partial charge is 0.482 e. The zero-order valence-electron chi connectivity index (χ0n) is 20.9. The molecule has 3 heterocycles. The van der Waals surface area contributed by atoms with Crippen LogP contribution in [-0.2, 0) is 30.7 Å². The van der Waals surface area contributed by atoms with Crippen molar-refractivity contribution in [2.24, 2.45) is 5.92 Å². The smallest absolute Gasteiger partial charge is 0.237 e. The number of ether oxygens (including phenoxy) is 1. The summed E-state index contributed by atoms with van der Waals surface area (Å²) >= 11 is 1.61. The molecule has 2 aromatic heterocycles. The van der Waals surface area contributed by atoms with Crippen LogP contribution in [0, 0.1) is 19.3 Å². The van der Waals surface area contributed by atoms with Crippen LogP contribution in [0.15, 0.2) is 40.4 Å². The molecule has 1 aliphatic rings. The van der Waals surface area contributed by atoms with Crippen molar-refractivity contribution in [1.29, 1.82) is 0 Å².